The van der Waals surface area contributed by atoms with E-state index in [0.29, 0.717) is 22.8 Å². The number of hydrogen-bond acceptors (Lipinski definition) is 5. The van der Waals surface area contributed by atoms with Gasteiger partial charge in [-0.2, -0.15) is 0 Å². The van der Waals surface area contributed by atoms with E-state index in [1.807, 2.05) is 13.8 Å². The van der Waals surface area contributed by atoms with Crippen molar-refractivity contribution in [2.45, 2.75) is 70.3 Å². The Morgan fingerprint density at radius 2 is 1.93 bits per heavy atom. The van der Waals surface area contributed by atoms with Crippen LogP contribution in [-0.4, -0.2) is 54.1 Å². The van der Waals surface area contributed by atoms with Crippen LogP contribution in [0.1, 0.15) is 63.2 Å². The summed E-state index contributed by atoms with van der Waals surface area (Å²) >= 11 is 1.70. The van der Waals surface area contributed by atoms with E-state index in [9.17, 15) is 9.59 Å². The molecule has 1 saturated heterocycles. The van der Waals surface area contributed by atoms with E-state index in [1.54, 1.807) is 49.1 Å². The number of methoxy groups -OCH3 is 2. The van der Waals surface area contributed by atoms with Crippen LogP contribution < -0.4 is 14.8 Å². The molecule has 6 nitrogen and oxygen atoms in total. The van der Waals surface area contributed by atoms with Gasteiger partial charge in [0.2, 0.25) is 5.91 Å². The first-order chi connectivity index (χ1) is 14.0. The van der Waals surface area contributed by atoms with Crippen molar-refractivity contribution in [3.8, 4) is 11.5 Å². The third kappa shape index (κ3) is 5.81. The van der Waals surface area contributed by atoms with Crippen LogP contribution in [0.3, 0.4) is 0 Å². The van der Waals surface area contributed by atoms with Gasteiger partial charge in [0.15, 0.2) is 11.5 Å². The van der Waals surface area contributed by atoms with Crippen LogP contribution >= 0.6 is 11.8 Å². The summed E-state index contributed by atoms with van der Waals surface area (Å²) in [6.45, 7) is 6.18. The fraction of sp³-hybridized carbons (Fsp3) is 0.636. The molecular weight excluding hydrogens is 388 g/mol. The maximum atomic E-state index is 13.5. The molecule has 7 heteroatoms. The highest BCUT2D eigenvalue weighted by Crippen LogP contribution is 2.35. The van der Waals surface area contributed by atoms with Gasteiger partial charge in [0.25, 0.3) is 5.91 Å². The summed E-state index contributed by atoms with van der Waals surface area (Å²) in [4.78, 5) is 28.1. The number of carbonyl (C=O) groups is 2. The van der Waals surface area contributed by atoms with E-state index in [0.717, 1.165) is 32.1 Å². The summed E-state index contributed by atoms with van der Waals surface area (Å²) < 4.78 is 10.6. The first kappa shape index (κ1) is 23.4. The molecule has 1 N–H and O–H groups in total. The summed E-state index contributed by atoms with van der Waals surface area (Å²) in [5.41, 5.74) is 0.506. The standard InChI is InChI=1S/C22H34N2O4S/c1-6-8-9-10-20-24(17(14-29-20)21(25)23-15(3)7-2)22(26)16-11-12-18(27-4)19(13-16)28-5/h11-13,15,17,20H,6-10,14H2,1-5H3,(H,23,25). The summed E-state index contributed by atoms with van der Waals surface area (Å²) in [6, 6.07) is 4.79. The molecule has 1 fully saturated rings. The predicted octanol–water partition coefficient (Wildman–Crippen LogP) is 4.08. The van der Waals surface area contributed by atoms with Gasteiger partial charge in [-0.15, -0.1) is 11.8 Å². The zero-order chi connectivity index (χ0) is 21.4. The molecule has 1 aliphatic rings. The van der Waals surface area contributed by atoms with Crippen molar-refractivity contribution in [2.24, 2.45) is 0 Å². The molecule has 0 radical (unpaired) electrons. The van der Waals surface area contributed by atoms with E-state index in [4.69, 9.17) is 9.47 Å². The van der Waals surface area contributed by atoms with Gasteiger partial charge in [0.1, 0.15) is 6.04 Å². The van der Waals surface area contributed by atoms with Gasteiger partial charge in [-0.1, -0.05) is 33.1 Å². The molecule has 0 spiro atoms. The maximum absolute atomic E-state index is 13.5. The Morgan fingerprint density at radius 3 is 2.55 bits per heavy atom. The first-order valence-corrected chi connectivity index (χ1v) is 11.5. The summed E-state index contributed by atoms with van der Waals surface area (Å²) in [5.74, 6) is 1.50. The molecule has 0 saturated carbocycles. The van der Waals surface area contributed by atoms with Crippen molar-refractivity contribution >= 4 is 23.6 Å². The van der Waals surface area contributed by atoms with Crippen molar-refractivity contribution in [1.29, 1.82) is 0 Å². The number of amides is 2. The van der Waals surface area contributed by atoms with Crippen LogP contribution in [0.15, 0.2) is 18.2 Å². The van der Waals surface area contributed by atoms with Crippen LogP contribution in [0.5, 0.6) is 11.5 Å². The SMILES string of the molecule is CCCCCC1SCC(C(=O)NC(C)CC)N1C(=O)c1ccc(OC)c(OC)c1. The van der Waals surface area contributed by atoms with Crippen LogP contribution in [-0.2, 0) is 4.79 Å². The largest absolute Gasteiger partial charge is 0.493 e. The van der Waals surface area contributed by atoms with Crippen molar-refractivity contribution < 1.29 is 19.1 Å². The second-order valence-electron chi connectivity index (χ2n) is 7.40. The second kappa shape index (κ2) is 11.3. The van der Waals surface area contributed by atoms with E-state index >= 15 is 0 Å². The van der Waals surface area contributed by atoms with E-state index < -0.39 is 6.04 Å². The summed E-state index contributed by atoms with van der Waals surface area (Å²) in [5, 5.41) is 3.05. The van der Waals surface area contributed by atoms with Gasteiger partial charge in [-0.3, -0.25) is 9.59 Å². The Kier molecular flexibility index (Phi) is 9.14. The molecule has 1 aromatic carbocycles. The number of carbonyl (C=O) groups excluding carboxylic acids is 2. The molecule has 0 bridgehead atoms. The van der Waals surface area contributed by atoms with Gasteiger partial charge in [-0.05, 0) is 38.0 Å². The molecule has 0 aromatic heterocycles. The van der Waals surface area contributed by atoms with Gasteiger partial charge < -0.3 is 19.7 Å². The number of unbranched alkanes of at least 4 members (excludes halogenated alkanes) is 2. The number of nitrogens with one attached hydrogen (secondary N) is 1. The zero-order valence-corrected chi connectivity index (χ0v) is 19.0. The lowest BCUT2D eigenvalue weighted by molar-refractivity contribution is -0.125. The zero-order valence-electron chi connectivity index (χ0n) is 18.2. The minimum absolute atomic E-state index is 0.00910. The molecule has 2 amide bonds. The van der Waals surface area contributed by atoms with E-state index in [1.165, 1.54) is 0 Å². The van der Waals surface area contributed by atoms with E-state index in [2.05, 4.69) is 12.2 Å². The minimum Gasteiger partial charge on any atom is -0.493 e. The fourth-order valence-corrected chi connectivity index (χ4v) is 4.84. The number of rotatable bonds is 10. The lowest BCUT2D eigenvalue weighted by atomic mass is 10.1. The Bertz CT molecular complexity index is 697. The lowest BCUT2D eigenvalue weighted by Crippen LogP contribution is -2.51. The maximum Gasteiger partial charge on any atom is 0.255 e. The van der Waals surface area contributed by atoms with Gasteiger partial charge >= 0.3 is 0 Å². The van der Waals surface area contributed by atoms with Crippen molar-refractivity contribution in [3.63, 3.8) is 0 Å². The Morgan fingerprint density at radius 1 is 1.21 bits per heavy atom. The second-order valence-corrected chi connectivity index (χ2v) is 8.61. The van der Waals surface area contributed by atoms with Crippen molar-refractivity contribution in [2.75, 3.05) is 20.0 Å². The highest BCUT2D eigenvalue weighted by atomic mass is 32.2. The fourth-order valence-electron chi connectivity index (χ4n) is 3.39. The van der Waals surface area contributed by atoms with Gasteiger partial charge in [0, 0.05) is 17.4 Å². The Hall–Kier alpha value is -1.89. The molecule has 3 unspecified atom stereocenters. The smallest absolute Gasteiger partial charge is 0.255 e. The molecule has 1 aliphatic heterocycles. The van der Waals surface area contributed by atoms with Crippen molar-refractivity contribution in [3.05, 3.63) is 23.8 Å². The summed E-state index contributed by atoms with van der Waals surface area (Å²) in [6.07, 6.45) is 5.04. The number of nitrogens with zero attached hydrogens (tertiary/aromatic N) is 1. The molecule has 0 aliphatic carbocycles. The normalized spacial score (nSPS) is 19.7. The molecular formula is C22H34N2O4S. The molecule has 1 heterocycles. The first-order valence-electron chi connectivity index (χ1n) is 10.4. The Labute approximate surface area is 178 Å². The van der Waals surface area contributed by atoms with Crippen LogP contribution in [0, 0.1) is 0 Å². The predicted molar refractivity (Wildman–Crippen MR) is 118 cm³/mol. The lowest BCUT2D eigenvalue weighted by Gasteiger charge is -2.30. The molecule has 3 atom stereocenters. The molecule has 2 rings (SSSR count). The molecule has 29 heavy (non-hydrogen) atoms. The third-order valence-corrected chi connectivity index (χ3v) is 6.67. The Balaban J connectivity index is 2.28. The molecule has 162 valence electrons. The van der Waals surface area contributed by atoms with Crippen LogP contribution in [0.25, 0.3) is 0 Å². The highest BCUT2D eigenvalue weighted by molar-refractivity contribution is 8.00. The third-order valence-electron chi connectivity index (χ3n) is 5.32. The topological polar surface area (TPSA) is 67.9 Å². The van der Waals surface area contributed by atoms with Crippen LogP contribution in [0.2, 0.25) is 0 Å². The number of ether oxygens (including phenoxy) is 2. The summed E-state index contributed by atoms with van der Waals surface area (Å²) in [7, 11) is 3.11. The van der Waals surface area contributed by atoms with Gasteiger partial charge in [0.05, 0.1) is 19.6 Å². The van der Waals surface area contributed by atoms with E-state index in [-0.39, 0.29) is 23.2 Å². The van der Waals surface area contributed by atoms with Crippen molar-refractivity contribution in [1.82, 2.24) is 10.2 Å². The average Bonchev–Trinajstić information content (AvgIpc) is 3.16. The molecule has 1 aromatic rings. The number of hydrogen-bond donors (Lipinski definition) is 1. The quantitative estimate of drug-likeness (QED) is 0.576. The number of thioether (sulfide) groups is 1. The van der Waals surface area contributed by atoms with Crippen LogP contribution in [0.4, 0.5) is 0 Å². The average molecular weight is 423 g/mol. The number of benzene rings is 1. The minimum atomic E-state index is -0.457. The highest BCUT2D eigenvalue weighted by Gasteiger charge is 2.41. The van der Waals surface area contributed by atoms with Gasteiger partial charge in [-0.25, -0.2) is 0 Å². The monoisotopic (exact) mass is 422 g/mol.